The van der Waals surface area contributed by atoms with Gasteiger partial charge in [-0.1, -0.05) is 12.1 Å². The Labute approximate surface area is 128 Å². The normalized spacial score (nSPS) is 15.2. The number of anilines is 1. The minimum absolute atomic E-state index is 0.0145. The predicted molar refractivity (Wildman–Crippen MR) is 82.7 cm³/mol. The number of fused-ring (bicyclic) bond motifs is 1. The van der Waals surface area contributed by atoms with Crippen molar-refractivity contribution in [2.24, 2.45) is 0 Å². The summed E-state index contributed by atoms with van der Waals surface area (Å²) < 4.78 is 7.14. The van der Waals surface area contributed by atoms with E-state index in [1.807, 2.05) is 33.7 Å². The number of rotatable bonds is 5. The first-order valence-electron chi connectivity index (χ1n) is 7.45. The second-order valence-corrected chi connectivity index (χ2v) is 5.15. The summed E-state index contributed by atoms with van der Waals surface area (Å²) in [6.45, 7) is 3.08. The number of aliphatic hydroxyl groups is 1. The maximum absolute atomic E-state index is 12.5. The number of amides is 1. The average Bonchev–Trinajstić information content (AvgIpc) is 2.91. The van der Waals surface area contributed by atoms with Gasteiger partial charge in [0.2, 0.25) is 11.9 Å². The molecule has 22 heavy (non-hydrogen) atoms. The van der Waals surface area contributed by atoms with Crippen LogP contribution in [0.15, 0.2) is 24.3 Å². The third-order valence-electron chi connectivity index (χ3n) is 3.71. The molecule has 0 bridgehead atoms. The topological polar surface area (TPSA) is 79.6 Å². The summed E-state index contributed by atoms with van der Waals surface area (Å²) in [5, 5.41) is 12.1. The monoisotopic (exact) mass is 304 g/mol. The van der Waals surface area contributed by atoms with E-state index in [-0.39, 0.29) is 19.1 Å². The number of nitrogens with zero attached hydrogens (tertiary/aromatic N) is 3. The van der Waals surface area contributed by atoms with E-state index in [9.17, 15) is 4.79 Å². The Kier molecular flexibility index (Phi) is 4.55. The third kappa shape index (κ3) is 3.05. The first-order chi connectivity index (χ1) is 10.8. The van der Waals surface area contributed by atoms with Crippen LogP contribution in [-0.4, -0.2) is 64.9 Å². The van der Waals surface area contributed by atoms with Crippen LogP contribution >= 0.6 is 0 Å². The molecular weight excluding hydrogens is 284 g/mol. The molecule has 7 heteroatoms. The Bertz CT molecular complexity index is 649. The van der Waals surface area contributed by atoms with Gasteiger partial charge in [-0.3, -0.25) is 4.79 Å². The van der Waals surface area contributed by atoms with Crippen molar-refractivity contribution >= 4 is 22.9 Å². The van der Waals surface area contributed by atoms with Crippen molar-refractivity contribution in [3.63, 3.8) is 0 Å². The molecule has 2 N–H and O–H groups in total. The number of hydrogen-bond acceptors (Lipinski definition) is 5. The number of ether oxygens (including phenoxy) is 1. The number of carbonyl (C=O) groups excluding carboxylic acids is 1. The molecule has 0 aliphatic carbocycles. The Morgan fingerprint density at radius 3 is 2.86 bits per heavy atom. The molecule has 3 rings (SSSR count). The molecule has 1 aromatic heterocycles. The molecule has 1 amide bonds. The highest BCUT2D eigenvalue weighted by Gasteiger charge is 2.19. The van der Waals surface area contributed by atoms with Crippen molar-refractivity contribution in [1.82, 2.24) is 14.5 Å². The number of para-hydroxylation sites is 2. The fourth-order valence-electron chi connectivity index (χ4n) is 2.59. The van der Waals surface area contributed by atoms with E-state index < -0.39 is 0 Å². The van der Waals surface area contributed by atoms with Gasteiger partial charge in [-0.2, -0.15) is 0 Å². The van der Waals surface area contributed by atoms with Gasteiger partial charge in [-0.25, -0.2) is 4.98 Å². The Morgan fingerprint density at radius 2 is 2.09 bits per heavy atom. The lowest BCUT2D eigenvalue weighted by Crippen LogP contribution is -2.42. The number of nitrogens with one attached hydrogen (secondary N) is 1. The van der Waals surface area contributed by atoms with Crippen LogP contribution in [-0.2, 0) is 16.1 Å². The molecule has 2 aromatic rings. The van der Waals surface area contributed by atoms with Crippen LogP contribution in [0.2, 0.25) is 0 Å². The molecule has 1 aromatic carbocycles. The molecular formula is C15H20N4O3. The molecule has 0 radical (unpaired) electrons. The van der Waals surface area contributed by atoms with E-state index in [1.54, 1.807) is 0 Å². The van der Waals surface area contributed by atoms with E-state index in [0.29, 0.717) is 38.8 Å². The quantitative estimate of drug-likeness (QED) is 0.830. The molecule has 0 spiro atoms. The largest absolute Gasteiger partial charge is 0.395 e. The molecule has 1 aliphatic heterocycles. The highest BCUT2D eigenvalue weighted by atomic mass is 16.5. The summed E-state index contributed by atoms with van der Waals surface area (Å²) in [6.07, 6.45) is 0. The van der Waals surface area contributed by atoms with Crippen molar-refractivity contribution in [3.8, 4) is 0 Å². The number of benzene rings is 1. The van der Waals surface area contributed by atoms with Crippen LogP contribution in [0.3, 0.4) is 0 Å². The smallest absolute Gasteiger partial charge is 0.242 e. The van der Waals surface area contributed by atoms with Gasteiger partial charge in [0.05, 0.1) is 30.9 Å². The Morgan fingerprint density at radius 1 is 1.32 bits per heavy atom. The molecule has 7 nitrogen and oxygen atoms in total. The fourth-order valence-corrected chi connectivity index (χ4v) is 2.59. The van der Waals surface area contributed by atoms with Gasteiger partial charge < -0.3 is 24.6 Å². The van der Waals surface area contributed by atoms with E-state index in [2.05, 4.69) is 10.3 Å². The van der Waals surface area contributed by atoms with E-state index in [1.165, 1.54) is 0 Å². The van der Waals surface area contributed by atoms with Crippen molar-refractivity contribution < 1.29 is 14.6 Å². The number of aromatic nitrogens is 2. The molecule has 0 saturated carbocycles. The number of morpholine rings is 1. The fraction of sp³-hybridized carbons (Fsp3) is 0.467. The van der Waals surface area contributed by atoms with Crippen molar-refractivity contribution in [2.45, 2.75) is 6.54 Å². The lowest BCUT2D eigenvalue weighted by atomic mass is 10.3. The zero-order chi connectivity index (χ0) is 15.4. The Hall–Kier alpha value is -2.12. The summed E-state index contributed by atoms with van der Waals surface area (Å²) >= 11 is 0. The van der Waals surface area contributed by atoms with Gasteiger partial charge in [-0.05, 0) is 12.1 Å². The standard InChI is InChI=1S/C15H20N4O3/c20-8-5-16-15-17-12-3-1-2-4-13(12)19(15)11-14(21)18-6-9-22-10-7-18/h1-4,20H,5-11H2,(H,16,17). The summed E-state index contributed by atoms with van der Waals surface area (Å²) in [4.78, 5) is 18.8. The highest BCUT2D eigenvalue weighted by Crippen LogP contribution is 2.19. The second kappa shape index (κ2) is 6.76. The minimum atomic E-state index is 0.0145. The first kappa shape index (κ1) is 14.8. The molecule has 118 valence electrons. The summed E-state index contributed by atoms with van der Waals surface area (Å²) in [5.74, 6) is 0.662. The van der Waals surface area contributed by atoms with Crippen LogP contribution in [0.1, 0.15) is 0 Å². The first-order valence-corrected chi connectivity index (χ1v) is 7.45. The zero-order valence-corrected chi connectivity index (χ0v) is 12.4. The zero-order valence-electron chi connectivity index (χ0n) is 12.4. The predicted octanol–water partition coefficient (Wildman–Crippen LogP) is 0.299. The maximum Gasteiger partial charge on any atom is 0.242 e. The summed E-state index contributed by atoms with van der Waals surface area (Å²) in [6, 6.07) is 7.70. The lowest BCUT2D eigenvalue weighted by molar-refractivity contribution is -0.135. The molecule has 1 saturated heterocycles. The van der Waals surface area contributed by atoms with Crippen LogP contribution < -0.4 is 5.32 Å². The molecule has 1 fully saturated rings. The van der Waals surface area contributed by atoms with Gasteiger partial charge in [0, 0.05) is 19.6 Å². The minimum Gasteiger partial charge on any atom is -0.395 e. The molecule has 1 aliphatic rings. The maximum atomic E-state index is 12.5. The lowest BCUT2D eigenvalue weighted by Gasteiger charge is -2.27. The number of hydrogen-bond donors (Lipinski definition) is 2. The molecule has 2 heterocycles. The van der Waals surface area contributed by atoms with Crippen molar-refractivity contribution in [1.29, 1.82) is 0 Å². The summed E-state index contributed by atoms with van der Waals surface area (Å²) in [7, 11) is 0. The van der Waals surface area contributed by atoms with Crippen molar-refractivity contribution in [2.75, 3.05) is 44.8 Å². The average molecular weight is 304 g/mol. The third-order valence-corrected chi connectivity index (χ3v) is 3.71. The second-order valence-electron chi connectivity index (χ2n) is 5.15. The highest BCUT2D eigenvalue weighted by molar-refractivity contribution is 5.83. The van der Waals surface area contributed by atoms with Gasteiger partial charge in [0.25, 0.3) is 0 Å². The molecule has 0 atom stereocenters. The SMILES string of the molecule is O=C(Cn1c(NCCO)nc2ccccc21)N1CCOCC1. The van der Waals surface area contributed by atoms with Crippen LogP contribution in [0.5, 0.6) is 0 Å². The van der Waals surface area contributed by atoms with Gasteiger partial charge in [0.1, 0.15) is 6.54 Å². The number of aliphatic hydroxyl groups excluding tert-OH is 1. The van der Waals surface area contributed by atoms with Crippen molar-refractivity contribution in [3.05, 3.63) is 24.3 Å². The van der Waals surface area contributed by atoms with Gasteiger partial charge in [-0.15, -0.1) is 0 Å². The van der Waals surface area contributed by atoms with Crippen LogP contribution in [0, 0.1) is 0 Å². The summed E-state index contributed by atoms with van der Waals surface area (Å²) in [5.41, 5.74) is 1.74. The van der Waals surface area contributed by atoms with Gasteiger partial charge in [0.15, 0.2) is 0 Å². The van der Waals surface area contributed by atoms with Gasteiger partial charge >= 0.3 is 0 Å². The molecule has 0 unspecified atom stereocenters. The van der Waals surface area contributed by atoms with Crippen LogP contribution in [0.25, 0.3) is 11.0 Å². The Balaban J connectivity index is 1.85. The number of imidazole rings is 1. The van der Waals surface area contributed by atoms with E-state index in [4.69, 9.17) is 9.84 Å². The number of carbonyl (C=O) groups is 1. The van der Waals surface area contributed by atoms with E-state index >= 15 is 0 Å². The van der Waals surface area contributed by atoms with Crippen LogP contribution in [0.4, 0.5) is 5.95 Å². The van der Waals surface area contributed by atoms with E-state index in [0.717, 1.165) is 11.0 Å².